The van der Waals surface area contributed by atoms with Gasteiger partial charge in [0, 0.05) is 24.0 Å². The van der Waals surface area contributed by atoms with Crippen molar-refractivity contribution >= 4 is 5.65 Å². The molecule has 0 aliphatic heterocycles. The molecule has 0 aliphatic rings. The highest BCUT2D eigenvalue weighted by atomic mass is 16.1. The van der Waals surface area contributed by atoms with Gasteiger partial charge < -0.3 is 0 Å². The molecule has 0 aromatic carbocycles. The molecule has 3 heterocycles. The van der Waals surface area contributed by atoms with E-state index in [0.29, 0.717) is 28.2 Å². The molecule has 0 saturated heterocycles. The van der Waals surface area contributed by atoms with Gasteiger partial charge in [0.25, 0.3) is 5.56 Å². The minimum Gasteiger partial charge on any atom is -0.295 e. The summed E-state index contributed by atoms with van der Waals surface area (Å²) in [6.07, 6.45) is 3.36. The van der Waals surface area contributed by atoms with Crippen LogP contribution in [0.15, 0.2) is 23.3 Å². The van der Waals surface area contributed by atoms with Crippen molar-refractivity contribution in [2.75, 3.05) is 0 Å². The van der Waals surface area contributed by atoms with Gasteiger partial charge in [0.15, 0.2) is 5.65 Å². The molecule has 3 aromatic heterocycles. The molecule has 0 atom stereocenters. The summed E-state index contributed by atoms with van der Waals surface area (Å²) >= 11 is 0. The topological polar surface area (TPSA) is 91.8 Å². The van der Waals surface area contributed by atoms with Crippen molar-refractivity contribution in [2.24, 2.45) is 0 Å². The van der Waals surface area contributed by atoms with E-state index in [1.54, 1.807) is 0 Å². The zero-order valence-electron chi connectivity index (χ0n) is 13.5. The molecular formula is C16H18N6O. The fourth-order valence-electron chi connectivity index (χ4n) is 2.58. The highest BCUT2D eigenvalue weighted by molar-refractivity contribution is 5.65. The van der Waals surface area contributed by atoms with Crippen LogP contribution in [0.1, 0.15) is 50.8 Å². The molecule has 0 bridgehead atoms. The average molecular weight is 310 g/mol. The monoisotopic (exact) mass is 310 g/mol. The third kappa shape index (κ3) is 2.32. The van der Waals surface area contributed by atoms with E-state index in [9.17, 15) is 10.1 Å². The number of nitrogens with one attached hydrogen (secondary N) is 1. The summed E-state index contributed by atoms with van der Waals surface area (Å²) in [6, 6.07) is 4.12. The Hall–Kier alpha value is -2.88. The molecule has 3 rings (SSSR count). The first-order valence-corrected chi connectivity index (χ1v) is 7.53. The molecule has 23 heavy (non-hydrogen) atoms. The summed E-state index contributed by atoms with van der Waals surface area (Å²) in [5.74, 6) is -0.0139. The number of hydrogen-bond acceptors (Lipinski definition) is 4. The van der Waals surface area contributed by atoms with E-state index in [1.165, 1.54) is 10.7 Å². The number of rotatable bonds is 3. The van der Waals surface area contributed by atoms with Crippen LogP contribution in [0.3, 0.4) is 0 Å². The van der Waals surface area contributed by atoms with Crippen LogP contribution in [-0.4, -0.2) is 24.4 Å². The third-order valence-corrected chi connectivity index (χ3v) is 3.77. The Bertz CT molecular complexity index is 967. The quantitative estimate of drug-likeness (QED) is 0.804. The highest BCUT2D eigenvalue weighted by Gasteiger charge is 2.21. The third-order valence-electron chi connectivity index (χ3n) is 3.77. The molecule has 0 fully saturated rings. The number of aromatic nitrogens is 5. The van der Waals surface area contributed by atoms with Gasteiger partial charge in [-0.05, 0) is 25.8 Å². The summed E-state index contributed by atoms with van der Waals surface area (Å²) in [5, 5.41) is 16.5. The van der Waals surface area contributed by atoms with E-state index in [-0.39, 0.29) is 17.5 Å². The maximum Gasteiger partial charge on any atom is 0.276 e. The number of nitriles is 1. The molecule has 7 nitrogen and oxygen atoms in total. The van der Waals surface area contributed by atoms with Gasteiger partial charge in [0.1, 0.15) is 23.0 Å². The van der Waals surface area contributed by atoms with E-state index in [0.717, 1.165) is 0 Å². The van der Waals surface area contributed by atoms with Crippen molar-refractivity contribution in [3.8, 4) is 17.5 Å². The van der Waals surface area contributed by atoms with E-state index >= 15 is 0 Å². The van der Waals surface area contributed by atoms with Gasteiger partial charge in [-0.25, -0.2) is 9.50 Å². The molecule has 3 aromatic rings. The van der Waals surface area contributed by atoms with Crippen LogP contribution in [0, 0.1) is 11.3 Å². The predicted octanol–water partition coefficient (Wildman–Crippen LogP) is 2.46. The Labute approximate surface area is 133 Å². The van der Waals surface area contributed by atoms with Crippen LogP contribution in [0.2, 0.25) is 0 Å². The van der Waals surface area contributed by atoms with Gasteiger partial charge in [-0.3, -0.25) is 14.6 Å². The van der Waals surface area contributed by atoms with Crippen LogP contribution in [0.4, 0.5) is 0 Å². The van der Waals surface area contributed by atoms with Crippen LogP contribution >= 0.6 is 0 Å². The summed E-state index contributed by atoms with van der Waals surface area (Å²) in [5.41, 5.74) is 2.24. The lowest BCUT2D eigenvalue weighted by Crippen LogP contribution is -2.22. The first kappa shape index (κ1) is 15.0. The fraction of sp³-hybridized carbons (Fsp3) is 0.375. The molecule has 1 N–H and O–H groups in total. The molecule has 0 radical (unpaired) electrons. The smallest absolute Gasteiger partial charge is 0.276 e. The maximum absolute atomic E-state index is 12.8. The van der Waals surface area contributed by atoms with Crippen molar-refractivity contribution in [3.05, 3.63) is 39.9 Å². The first-order valence-electron chi connectivity index (χ1n) is 7.53. The Morgan fingerprint density at radius 3 is 2.61 bits per heavy atom. The Morgan fingerprint density at radius 2 is 2.04 bits per heavy atom. The van der Waals surface area contributed by atoms with Crippen LogP contribution in [-0.2, 0) is 0 Å². The van der Waals surface area contributed by atoms with E-state index in [2.05, 4.69) is 15.2 Å². The SMILES string of the molecule is CC(C)c1c(-c2ccn(C(C)C)n2)nc2c(C#N)c[nH]n2c1=O. The molecular weight excluding hydrogens is 292 g/mol. The number of H-pyrrole nitrogens is 1. The van der Waals surface area contributed by atoms with Gasteiger partial charge in [0.2, 0.25) is 0 Å². The van der Waals surface area contributed by atoms with Crippen molar-refractivity contribution in [1.29, 1.82) is 5.26 Å². The van der Waals surface area contributed by atoms with Crippen LogP contribution in [0.25, 0.3) is 17.0 Å². The minimum absolute atomic E-state index is 0.0139. The maximum atomic E-state index is 12.8. The second-order valence-electron chi connectivity index (χ2n) is 6.07. The first-order chi connectivity index (χ1) is 10.9. The lowest BCUT2D eigenvalue weighted by atomic mass is 10.0. The normalized spacial score (nSPS) is 11.5. The molecule has 0 unspecified atom stereocenters. The highest BCUT2D eigenvalue weighted by Crippen LogP contribution is 2.25. The van der Waals surface area contributed by atoms with Crippen LogP contribution < -0.4 is 5.56 Å². The van der Waals surface area contributed by atoms with Gasteiger partial charge in [-0.1, -0.05) is 13.8 Å². The van der Waals surface area contributed by atoms with Gasteiger partial charge in [0.05, 0.1) is 0 Å². The lowest BCUT2D eigenvalue weighted by Gasteiger charge is -2.10. The second-order valence-corrected chi connectivity index (χ2v) is 6.07. The van der Waals surface area contributed by atoms with E-state index in [4.69, 9.17) is 0 Å². The van der Waals surface area contributed by atoms with Crippen molar-refractivity contribution in [2.45, 2.75) is 39.7 Å². The zero-order valence-corrected chi connectivity index (χ0v) is 13.5. The average Bonchev–Trinajstić information content (AvgIpc) is 3.13. The number of fused-ring (bicyclic) bond motifs is 1. The number of aromatic amines is 1. The van der Waals surface area contributed by atoms with Crippen molar-refractivity contribution in [3.63, 3.8) is 0 Å². The fourth-order valence-corrected chi connectivity index (χ4v) is 2.58. The van der Waals surface area contributed by atoms with Crippen molar-refractivity contribution < 1.29 is 0 Å². The summed E-state index contributed by atoms with van der Waals surface area (Å²) in [7, 11) is 0. The summed E-state index contributed by atoms with van der Waals surface area (Å²) < 4.78 is 3.14. The standard InChI is InChI=1S/C16H18N6O/c1-9(2)13-14(12-5-6-21(20-12)10(3)4)19-15-11(7-17)8-18-22(15)16(13)23/h5-6,8-10,18H,1-4H3. The molecule has 118 valence electrons. The molecule has 0 amide bonds. The minimum atomic E-state index is -0.194. The largest absolute Gasteiger partial charge is 0.295 e. The number of hydrogen-bond donors (Lipinski definition) is 1. The Kier molecular flexibility index (Phi) is 3.52. The summed E-state index contributed by atoms with van der Waals surface area (Å²) in [6.45, 7) is 7.96. The van der Waals surface area contributed by atoms with Gasteiger partial charge in [-0.2, -0.15) is 10.4 Å². The molecule has 0 saturated carbocycles. The van der Waals surface area contributed by atoms with Gasteiger partial charge >= 0.3 is 0 Å². The Balaban J connectivity index is 2.35. The lowest BCUT2D eigenvalue weighted by molar-refractivity contribution is 0.533. The second kappa shape index (κ2) is 5.39. The van der Waals surface area contributed by atoms with E-state index in [1.807, 2.05) is 50.7 Å². The molecule has 0 aliphatic carbocycles. The van der Waals surface area contributed by atoms with Crippen LogP contribution in [0.5, 0.6) is 0 Å². The molecule has 0 spiro atoms. The molecule has 7 heteroatoms. The number of nitrogens with zero attached hydrogens (tertiary/aromatic N) is 5. The van der Waals surface area contributed by atoms with Crippen molar-refractivity contribution in [1.82, 2.24) is 24.4 Å². The summed E-state index contributed by atoms with van der Waals surface area (Å²) in [4.78, 5) is 17.3. The predicted molar refractivity (Wildman–Crippen MR) is 86.2 cm³/mol. The van der Waals surface area contributed by atoms with E-state index < -0.39 is 0 Å². The zero-order chi connectivity index (χ0) is 16.7. The Morgan fingerprint density at radius 1 is 1.30 bits per heavy atom. The van der Waals surface area contributed by atoms with Gasteiger partial charge in [-0.15, -0.1) is 0 Å².